The topological polar surface area (TPSA) is 161 Å². The van der Waals surface area contributed by atoms with Gasteiger partial charge in [-0.3, -0.25) is 9.78 Å². The Labute approximate surface area is 265 Å². The van der Waals surface area contributed by atoms with Crippen LogP contribution in [0.25, 0.3) is 10.2 Å². The van der Waals surface area contributed by atoms with E-state index in [9.17, 15) is 12.8 Å². The molecule has 0 amide bonds. The van der Waals surface area contributed by atoms with Crippen LogP contribution in [-0.2, 0) is 15.0 Å². The number of hydrogen-bond donors (Lipinski definition) is 3. The molecule has 0 unspecified atom stereocenters. The van der Waals surface area contributed by atoms with E-state index < -0.39 is 16.2 Å². The Morgan fingerprint density at radius 2 is 1.89 bits per heavy atom. The van der Waals surface area contributed by atoms with E-state index in [1.165, 1.54) is 27.8 Å². The summed E-state index contributed by atoms with van der Waals surface area (Å²) in [6.07, 6.45) is 4.85. The second-order valence-electron chi connectivity index (χ2n) is 9.56. The van der Waals surface area contributed by atoms with E-state index in [0.717, 1.165) is 32.6 Å². The zero-order valence-corrected chi connectivity index (χ0v) is 26.5. The highest BCUT2D eigenvalue weighted by Crippen LogP contribution is 2.40. The highest BCUT2D eigenvalue weighted by Gasteiger charge is 2.27. The quantitative estimate of drug-likeness (QED) is 0.167. The van der Waals surface area contributed by atoms with E-state index in [1.54, 1.807) is 47.6 Å². The number of pyridine rings is 2. The van der Waals surface area contributed by atoms with Gasteiger partial charge in [-0.2, -0.15) is 12.7 Å². The summed E-state index contributed by atoms with van der Waals surface area (Å²) in [6.45, 7) is 1.82. The Hall–Kier alpha value is -3.67. The van der Waals surface area contributed by atoms with Crippen molar-refractivity contribution in [1.29, 1.82) is 0 Å². The van der Waals surface area contributed by atoms with Gasteiger partial charge in [0.1, 0.15) is 11.6 Å². The molecule has 5 heterocycles. The Kier molecular flexibility index (Phi) is 10.1. The highest BCUT2D eigenvalue weighted by atomic mass is 32.2. The standard InChI is InChI=1S/C26H23FN6O3S4.C2H4O2/c27-17-1-3-18(4-2-17)36-22-13-19(39-23-5-9-29-20-8-12-37-24(20)23)14-30-25(22)32-26-31-21(15-38-26)16-6-10-33(11-7-16)40(28,34)35;1-2(3)4/h1-5,8-9,12-16H,6-7,10-11H2,(H2,28,34,35)(H,30,31,32);1H3,(H,3,4). The van der Waals surface area contributed by atoms with Gasteiger partial charge in [-0.05, 0) is 54.6 Å². The zero-order valence-electron chi connectivity index (χ0n) is 23.2. The zero-order chi connectivity index (χ0) is 31.3. The lowest BCUT2D eigenvalue weighted by Crippen LogP contribution is -2.41. The van der Waals surface area contributed by atoms with Crippen LogP contribution in [0.1, 0.15) is 31.4 Å². The van der Waals surface area contributed by atoms with Crippen molar-refractivity contribution in [1.82, 2.24) is 19.3 Å². The molecule has 16 heteroatoms. The van der Waals surface area contributed by atoms with Crippen molar-refractivity contribution in [2.45, 2.75) is 35.5 Å². The number of carboxylic acid groups (broad SMARTS) is 1. The minimum Gasteiger partial charge on any atom is -0.481 e. The van der Waals surface area contributed by atoms with E-state index in [4.69, 9.17) is 24.8 Å². The molecule has 4 N–H and O–H groups in total. The fourth-order valence-corrected chi connectivity index (χ4v) is 7.77. The molecule has 1 aromatic carbocycles. The molecule has 6 rings (SSSR count). The molecule has 1 aliphatic rings. The molecule has 0 radical (unpaired) electrons. The molecule has 0 bridgehead atoms. The van der Waals surface area contributed by atoms with Gasteiger partial charge in [0.15, 0.2) is 16.7 Å². The van der Waals surface area contributed by atoms with E-state index in [2.05, 4.69) is 15.3 Å². The summed E-state index contributed by atoms with van der Waals surface area (Å²) in [4.78, 5) is 24.7. The van der Waals surface area contributed by atoms with Crippen molar-refractivity contribution in [3.8, 4) is 11.5 Å². The fourth-order valence-electron chi connectivity index (χ4n) is 4.38. The van der Waals surface area contributed by atoms with Gasteiger partial charge in [0.05, 0.1) is 15.9 Å². The summed E-state index contributed by atoms with van der Waals surface area (Å²) in [5, 5.41) is 20.6. The number of thiophene rings is 1. The average Bonchev–Trinajstić information content (AvgIpc) is 3.66. The number of anilines is 2. The van der Waals surface area contributed by atoms with E-state index in [1.807, 2.05) is 29.0 Å². The van der Waals surface area contributed by atoms with Crippen LogP contribution in [0.2, 0.25) is 0 Å². The van der Waals surface area contributed by atoms with Crippen molar-refractivity contribution in [2.24, 2.45) is 5.14 Å². The number of carbonyl (C=O) groups is 1. The molecular formula is C28H27FN6O5S4. The summed E-state index contributed by atoms with van der Waals surface area (Å²) < 4.78 is 45.3. The molecule has 5 aromatic rings. The second kappa shape index (κ2) is 14.0. The van der Waals surface area contributed by atoms with Crippen LogP contribution >= 0.6 is 34.4 Å². The van der Waals surface area contributed by atoms with Crippen LogP contribution in [0, 0.1) is 5.82 Å². The molecule has 1 fully saturated rings. The number of carboxylic acids is 1. The van der Waals surface area contributed by atoms with Crippen molar-refractivity contribution in [2.75, 3.05) is 18.4 Å². The average molecular weight is 675 g/mol. The molecule has 230 valence electrons. The number of nitrogens with two attached hydrogens (primary N) is 1. The molecule has 1 aliphatic heterocycles. The lowest BCUT2D eigenvalue weighted by molar-refractivity contribution is -0.134. The maximum absolute atomic E-state index is 13.5. The van der Waals surface area contributed by atoms with E-state index >= 15 is 0 Å². The van der Waals surface area contributed by atoms with Gasteiger partial charge in [-0.25, -0.2) is 19.5 Å². The van der Waals surface area contributed by atoms with Crippen LogP contribution < -0.4 is 15.2 Å². The number of aliphatic carboxylic acids is 1. The third-order valence-electron chi connectivity index (χ3n) is 6.38. The van der Waals surface area contributed by atoms with Crippen LogP contribution in [-0.4, -0.2) is 51.8 Å². The first kappa shape index (κ1) is 31.7. The van der Waals surface area contributed by atoms with Crippen molar-refractivity contribution >= 4 is 71.8 Å². The van der Waals surface area contributed by atoms with Gasteiger partial charge >= 0.3 is 0 Å². The molecule has 1 saturated heterocycles. The van der Waals surface area contributed by atoms with Crippen LogP contribution in [0.15, 0.2) is 75.4 Å². The largest absolute Gasteiger partial charge is 0.481 e. The first-order valence-corrected chi connectivity index (χ1v) is 17.3. The number of fused-ring (bicyclic) bond motifs is 1. The van der Waals surface area contributed by atoms with Gasteiger partial charge in [0.25, 0.3) is 16.2 Å². The van der Waals surface area contributed by atoms with Gasteiger partial charge in [-0.15, -0.1) is 22.7 Å². The van der Waals surface area contributed by atoms with E-state index in [-0.39, 0.29) is 11.7 Å². The van der Waals surface area contributed by atoms with Gasteiger partial charge in [0.2, 0.25) is 0 Å². The minimum atomic E-state index is -3.68. The molecule has 0 aliphatic carbocycles. The molecule has 4 aromatic heterocycles. The normalized spacial score (nSPS) is 14.2. The first-order chi connectivity index (χ1) is 21.0. The summed E-state index contributed by atoms with van der Waals surface area (Å²) in [6, 6.07) is 11.7. The molecule has 0 saturated carbocycles. The number of hydrogen-bond acceptors (Lipinski definition) is 11. The van der Waals surface area contributed by atoms with Crippen LogP contribution in [0.3, 0.4) is 0 Å². The SMILES string of the molecule is CC(=O)O.NS(=O)(=O)N1CCC(c2csc(Nc3ncc(Sc4ccnc5ccsc45)cc3Oc3ccc(F)cc3)n2)CC1. The Bertz CT molecular complexity index is 1850. The predicted octanol–water partition coefficient (Wildman–Crippen LogP) is 6.45. The van der Waals surface area contributed by atoms with Crippen LogP contribution in [0.4, 0.5) is 15.3 Å². The van der Waals surface area contributed by atoms with Crippen LogP contribution in [0.5, 0.6) is 11.5 Å². The monoisotopic (exact) mass is 674 g/mol. The fraction of sp³-hybridized carbons (Fsp3) is 0.214. The molecule has 0 atom stereocenters. The van der Waals surface area contributed by atoms with Crippen molar-refractivity contribution in [3.05, 3.63) is 77.1 Å². The van der Waals surface area contributed by atoms with Gasteiger partial charge in [-0.1, -0.05) is 11.8 Å². The van der Waals surface area contributed by atoms with Crippen molar-refractivity contribution < 1.29 is 27.4 Å². The number of piperidine rings is 1. The highest BCUT2D eigenvalue weighted by molar-refractivity contribution is 7.99. The maximum atomic E-state index is 13.5. The summed E-state index contributed by atoms with van der Waals surface area (Å²) in [5.74, 6) is 0.359. The third kappa shape index (κ3) is 8.28. The number of thiazole rings is 1. The number of rotatable bonds is 8. The smallest absolute Gasteiger partial charge is 0.300 e. The Morgan fingerprint density at radius 3 is 2.59 bits per heavy atom. The molecular weight excluding hydrogens is 648 g/mol. The maximum Gasteiger partial charge on any atom is 0.300 e. The summed E-state index contributed by atoms with van der Waals surface area (Å²) >= 11 is 4.63. The Morgan fingerprint density at radius 1 is 1.16 bits per heavy atom. The number of benzene rings is 1. The van der Waals surface area contributed by atoms with Crippen molar-refractivity contribution in [3.63, 3.8) is 0 Å². The number of ether oxygens (including phenoxy) is 1. The number of nitrogens with one attached hydrogen (secondary N) is 1. The molecule has 0 spiro atoms. The van der Waals surface area contributed by atoms with E-state index in [0.29, 0.717) is 48.4 Å². The lowest BCUT2D eigenvalue weighted by atomic mass is 9.95. The minimum absolute atomic E-state index is 0.140. The second-order valence-corrected chi connectivity index (χ2v) is 14.0. The first-order valence-electron chi connectivity index (χ1n) is 13.2. The lowest BCUT2D eigenvalue weighted by Gasteiger charge is -2.28. The van der Waals surface area contributed by atoms with Gasteiger partial charge < -0.3 is 15.2 Å². The third-order valence-corrected chi connectivity index (χ3v) is 10.3. The molecule has 11 nitrogen and oxygen atoms in total. The number of nitrogens with zero attached hydrogens (tertiary/aromatic N) is 4. The number of aromatic nitrogens is 3. The van der Waals surface area contributed by atoms with Gasteiger partial charge in [0, 0.05) is 59.6 Å². The summed E-state index contributed by atoms with van der Waals surface area (Å²) in [5.41, 5.74) is 1.84. The molecule has 44 heavy (non-hydrogen) atoms. The Balaban J connectivity index is 0.000000906. The number of halogens is 1. The summed E-state index contributed by atoms with van der Waals surface area (Å²) in [7, 11) is -3.68. The predicted molar refractivity (Wildman–Crippen MR) is 170 cm³/mol.